The lowest BCUT2D eigenvalue weighted by atomic mass is 10.3. The van der Waals surface area contributed by atoms with Crippen LogP contribution in [0.15, 0.2) is 16.6 Å². The largest absolute Gasteiger partial charge is 0.380 e. The van der Waals surface area contributed by atoms with Gasteiger partial charge in [0.15, 0.2) is 0 Å². The Morgan fingerprint density at radius 2 is 2.15 bits per heavy atom. The van der Waals surface area contributed by atoms with Crippen molar-refractivity contribution in [2.45, 2.75) is 0 Å². The number of halogens is 4. The molecule has 0 bridgehead atoms. The van der Waals surface area contributed by atoms with E-state index in [1.54, 1.807) is 0 Å². The van der Waals surface area contributed by atoms with Gasteiger partial charge in [0.05, 0.1) is 10.7 Å². The minimum atomic E-state index is -0.500. The minimum Gasteiger partial charge on any atom is -0.380 e. The van der Waals surface area contributed by atoms with Gasteiger partial charge in [-0.15, -0.1) is 0 Å². The van der Waals surface area contributed by atoms with Crippen LogP contribution in [0, 0.1) is 5.82 Å². The first kappa shape index (κ1) is 10.7. The number of nitrogens with one attached hydrogen (secondary N) is 1. The van der Waals surface area contributed by atoms with Gasteiger partial charge in [-0.2, -0.15) is 0 Å². The summed E-state index contributed by atoms with van der Waals surface area (Å²) >= 11 is 8.83. The summed E-state index contributed by atoms with van der Waals surface area (Å²) in [5.74, 6) is -0.428. The summed E-state index contributed by atoms with van der Waals surface area (Å²) in [5, 5.41) is 2.97. The average molecular weight is 271 g/mol. The van der Waals surface area contributed by atoms with E-state index in [-0.39, 0.29) is 11.6 Å². The van der Waals surface area contributed by atoms with E-state index in [0.717, 1.165) is 0 Å². The van der Waals surface area contributed by atoms with Crippen molar-refractivity contribution in [3.05, 3.63) is 27.4 Å². The Bertz CT molecular complexity index is 283. The highest BCUT2D eigenvalue weighted by Gasteiger charge is 2.06. The molecule has 0 aromatic heterocycles. The zero-order valence-corrected chi connectivity index (χ0v) is 8.92. The highest BCUT2D eigenvalue weighted by atomic mass is 79.9. The predicted octanol–water partition coefficient (Wildman–Crippen LogP) is 3.62. The van der Waals surface area contributed by atoms with Crippen LogP contribution in [0.25, 0.3) is 0 Å². The van der Waals surface area contributed by atoms with Crippen molar-refractivity contribution in [3.63, 3.8) is 0 Å². The molecule has 13 heavy (non-hydrogen) atoms. The van der Waals surface area contributed by atoms with E-state index >= 15 is 0 Å². The lowest BCUT2D eigenvalue weighted by Crippen LogP contribution is -2.04. The average Bonchev–Trinajstić information content (AvgIpc) is 2.02. The van der Waals surface area contributed by atoms with Crippen LogP contribution in [0.4, 0.5) is 14.5 Å². The van der Waals surface area contributed by atoms with Gasteiger partial charge < -0.3 is 5.32 Å². The van der Waals surface area contributed by atoms with Crippen LogP contribution in [0.2, 0.25) is 5.02 Å². The lowest BCUT2D eigenvalue weighted by Gasteiger charge is -2.08. The highest BCUT2D eigenvalue weighted by Crippen LogP contribution is 2.31. The van der Waals surface area contributed by atoms with Gasteiger partial charge in [-0.05, 0) is 28.1 Å². The molecule has 1 N–H and O–H groups in total. The van der Waals surface area contributed by atoms with Crippen molar-refractivity contribution in [2.75, 3.05) is 18.5 Å². The maximum absolute atomic E-state index is 12.7. The van der Waals surface area contributed by atoms with Crippen molar-refractivity contribution < 1.29 is 8.78 Å². The lowest BCUT2D eigenvalue weighted by molar-refractivity contribution is 0.512. The van der Waals surface area contributed by atoms with Crippen LogP contribution < -0.4 is 5.32 Å². The minimum absolute atomic E-state index is 0.157. The number of anilines is 1. The van der Waals surface area contributed by atoms with Gasteiger partial charge in [-0.1, -0.05) is 11.6 Å². The fourth-order valence-corrected chi connectivity index (χ4v) is 1.84. The Morgan fingerprint density at radius 3 is 2.69 bits per heavy atom. The van der Waals surface area contributed by atoms with E-state index in [9.17, 15) is 8.78 Å². The summed E-state index contributed by atoms with van der Waals surface area (Å²) in [4.78, 5) is 0. The zero-order chi connectivity index (χ0) is 9.84. The van der Waals surface area contributed by atoms with Gasteiger partial charge in [0, 0.05) is 11.0 Å². The van der Waals surface area contributed by atoms with E-state index in [0.29, 0.717) is 10.2 Å². The monoisotopic (exact) mass is 269 g/mol. The van der Waals surface area contributed by atoms with Gasteiger partial charge in [0.25, 0.3) is 0 Å². The van der Waals surface area contributed by atoms with Gasteiger partial charge in [-0.3, -0.25) is 0 Å². The molecule has 1 nitrogen and oxygen atoms in total. The molecule has 1 aromatic rings. The van der Waals surface area contributed by atoms with Crippen LogP contribution in [0.1, 0.15) is 0 Å². The molecule has 0 aliphatic heterocycles. The SMILES string of the molecule is FCCNc1c(Cl)cc(F)cc1Br. The molecule has 1 aromatic carbocycles. The van der Waals surface area contributed by atoms with E-state index < -0.39 is 12.5 Å². The second kappa shape index (κ2) is 4.77. The Morgan fingerprint density at radius 1 is 1.46 bits per heavy atom. The first-order valence-electron chi connectivity index (χ1n) is 3.59. The number of hydrogen-bond donors (Lipinski definition) is 1. The second-order valence-electron chi connectivity index (χ2n) is 2.36. The number of benzene rings is 1. The normalized spacial score (nSPS) is 10.2. The molecule has 0 aliphatic carbocycles. The number of rotatable bonds is 3. The van der Waals surface area contributed by atoms with E-state index in [1.165, 1.54) is 12.1 Å². The molecule has 0 aliphatic rings. The molecule has 0 saturated carbocycles. The van der Waals surface area contributed by atoms with Crippen molar-refractivity contribution in [1.82, 2.24) is 0 Å². The van der Waals surface area contributed by atoms with Crippen LogP contribution in [0.3, 0.4) is 0 Å². The highest BCUT2D eigenvalue weighted by molar-refractivity contribution is 9.10. The summed E-state index contributed by atoms with van der Waals surface area (Å²) in [6.45, 7) is -0.343. The summed E-state index contributed by atoms with van der Waals surface area (Å²) in [7, 11) is 0. The molecule has 0 unspecified atom stereocenters. The van der Waals surface area contributed by atoms with Crippen molar-refractivity contribution in [1.29, 1.82) is 0 Å². The Hall–Kier alpha value is -0.350. The van der Waals surface area contributed by atoms with E-state index in [2.05, 4.69) is 21.2 Å². The fraction of sp³-hybridized carbons (Fsp3) is 0.250. The number of hydrogen-bond acceptors (Lipinski definition) is 1. The fourth-order valence-electron chi connectivity index (χ4n) is 0.883. The van der Waals surface area contributed by atoms with Crippen LogP contribution >= 0.6 is 27.5 Å². The Kier molecular flexibility index (Phi) is 3.93. The van der Waals surface area contributed by atoms with Gasteiger partial charge in [-0.25, -0.2) is 8.78 Å². The van der Waals surface area contributed by atoms with Crippen LogP contribution in [-0.2, 0) is 0 Å². The molecule has 0 radical (unpaired) electrons. The molecular formula is C8H7BrClF2N. The number of alkyl halides is 1. The third kappa shape index (κ3) is 2.81. The Labute approximate surface area is 88.2 Å². The smallest absolute Gasteiger partial charge is 0.125 e. The molecule has 0 saturated heterocycles. The Balaban J connectivity index is 2.92. The summed E-state index contributed by atoms with van der Waals surface area (Å²) in [6, 6.07) is 2.44. The standard InChI is InChI=1S/C8H7BrClF2N/c9-6-3-5(12)4-7(10)8(6)13-2-1-11/h3-4,13H,1-2H2. The van der Waals surface area contributed by atoms with E-state index in [4.69, 9.17) is 11.6 Å². The third-order valence-corrected chi connectivity index (χ3v) is 2.33. The summed E-state index contributed by atoms with van der Waals surface area (Å²) < 4.78 is 25.0. The molecule has 0 amide bonds. The first-order chi connectivity index (χ1) is 6.15. The van der Waals surface area contributed by atoms with Gasteiger partial charge in [0.1, 0.15) is 12.5 Å². The maximum Gasteiger partial charge on any atom is 0.125 e. The maximum atomic E-state index is 12.7. The summed E-state index contributed by atoms with van der Waals surface area (Å²) in [5.41, 5.74) is 0.515. The van der Waals surface area contributed by atoms with Gasteiger partial charge in [0.2, 0.25) is 0 Å². The topological polar surface area (TPSA) is 12.0 Å². The molecule has 5 heteroatoms. The van der Waals surface area contributed by atoms with Crippen molar-refractivity contribution >= 4 is 33.2 Å². The van der Waals surface area contributed by atoms with Gasteiger partial charge >= 0.3 is 0 Å². The molecule has 0 atom stereocenters. The molecular weight excluding hydrogens is 263 g/mol. The quantitative estimate of drug-likeness (QED) is 0.884. The van der Waals surface area contributed by atoms with Crippen molar-refractivity contribution in [2.24, 2.45) is 0 Å². The molecule has 1 rings (SSSR count). The molecule has 72 valence electrons. The van der Waals surface area contributed by atoms with Crippen LogP contribution in [-0.4, -0.2) is 13.2 Å². The van der Waals surface area contributed by atoms with E-state index in [1.807, 2.05) is 0 Å². The molecule has 0 fully saturated rings. The predicted molar refractivity (Wildman–Crippen MR) is 53.6 cm³/mol. The second-order valence-corrected chi connectivity index (χ2v) is 3.62. The first-order valence-corrected chi connectivity index (χ1v) is 4.76. The summed E-state index contributed by atoms with van der Waals surface area (Å²) in [6.07, 6.45) is 0. The molecule has 0 heterocycles. The molecule has 0 spiro atoms. The third-order valence-electron chi connectivity index (χ3n) is 1.40. The van der Waals surface area contributed by atoms with Crippen molar-refractivity contribution in [3.8, 4) is 0 Å². The van der Waals surface area contributed by atoms with Crippen LogP contribution in [0.5, 0.6) is 0 Å². The zero-order valence-electron chi connectivity index (χ0n) is 6.58.